The molecule has 1 heterocycles. The van der Waals surface area contributed by atoms with Crippen LogP contribution in [-0.4, -0.2) is 18.6 Å². The predicted molar refractivity (Wildman–Crippen MR) is 56.6 cm³/mol. The zero-order chi connectivity index (χ0) is 9.97. The molecule has 0 aliphatic rings. The molecule has 0 radical (unpaired) electrons. The Kier molecular flexibility index (Phi) is 2.70. The molecule has 1 aromatic heterocycles. The number of nitrogens with one attached hydrogen (secondary N) is 1. The predicted octanol–water partition coefficient (Wildman–Crippen LogP) is 2.24. The van der Waals surface area contributed by atoms with Crippen LogP contribution in [-0.2, 0) is 6.42 Å². The van der Waals surface area contributed by atoms with Gasteiger partial charge in [0.15, 0.2) is 11.5 Å². The highest BCUT2D eigenvalue weighted by atomic mass is 35.5. The molecule has 74 valence electrons. The van der Waals surface area contributed by atoms with Crippen molar-refractivity contribution in [2.75, 3.05) is 13.6 Å². The van der Waals surface area contributed by atoms with Gasteiger partial charge >= 0.3 is 0 Å². The van der Waals surface area contributed by atoms with Crippen molar-refractivity contribution in [3.8, 4) is 0 Å². The van der Waals surface area contributed by atoms with Gasteiger partial charge in [-0.25, -0.2) is 4.98 Å². The van der Waals surface area contributed by atoms with Gasteiger partial charge in [-0.05, 0) is 19.2 Å². The van der Waals surface area contributed by atoms with E-state index in [2.05, 4.69) is 10.3 Å². The van der Waals surface area contributed by atoms with Crippen LogP contribution < -0.4 is 5.32 Å². The minimum atomic E-state index is 0.675. The van der Waals surface area contributed by atoms with Gasteiger partial charge < -0.3 is 9.73 Å². The maximum Gasteiger partial charge on any atom is 0.196 e. The van der Waals surface area contributed by atoms with Gasteiger partial charge in [0.1, 0.15) is 5.52 Å². The number of hydrogen-bond acceptors (Lipinski definition) is 3. The number of likely N-dealkylation sites (N-methyl/N-ethyl adjacent to an activating group) is 1. The summed E-state index contributed by atoms with van der Waals surface area (Å²) in [5.41, 5.74) is 1.61. The highest BCUT2D eigenvalue weighted by Gasteiger charge is 2.04. The molecule has 14 heavy (non-hydrogen) atoms. The number of rotatable bonds is 3. The van der Waals surface area contributed by atoms with Crippen molar-refractivity contribution >= 4 is 22.7 Å². The lowest BCUT2D eigenvalue weighted by atomic mass is 10.3. The van der Waals surface area contributed by atoms with E-state index in [-0.39, 0.29) is 0 Å². The first-order chi connectivity index (χ1) is 6.79. The van der Waals surface area contributed by atoms with Gasteiger partial charge in [-0.15, -0.1) is 0 Å². The fourth-order valence-electron chi connectivity index (χ4n) is 1.29. The Morgan fingerprint density at radius 3 is 3.14 bits per heavy atom. The molecule has 0 amide bonds. The molecule has 0 bridgehead atoms. The second-order valence-corrected chi connectivity index (χ2v) is 3.51. The fourth-order valence-corrected chi connectivity index (χ4v) is 1.45. The van der Waals surface area contributed by atoms with Crippen LogP contribution in [0.5, 0.6) is 0 Å². The Morgan fingerprint density at radius 2 is 2.36 bits per heavy atom. The topological polar surface area (TPSA) is 38.1 Å². The average molecular weight is 211 g/mol. The molecule has 1 aromatic carbocycles. The number of benzene rings is 1. The van der Waals surface area contributed by atoms with Crippen molar-refractivity contribution in [1.29, 1.82) is 0 Å². The number of oxazole rings is 1. The van der Waals surface area contributed by atoms with Crippen LogP contribution in [0.2, 0.25) is 5.02 Å². The number of nitrogens with zero attached hydrogens (tertiary/aromatic N) is 1. The molecular weight excluding hydrogens is 200 g/mol. The van der Waals surface area contributed by atoms with E-state index in [9.17, 15) is 0 Å². The van der Waals surface area contributed by atoms with Gasteiger partial charge in [-0.1, -0.05) is 11.6 Å². The van der Waals surface area contributed by atoms with E-state index in [1.807, 2.05) is 19.2 Å². The Bertz CT molecular complexity index is 439. The molecule has 4 heteroatoms. The van der Waals surface area contributed by atoms with Crippen molar-refractivity contribution in [3.63, 3.8) is 0 Å². The zero-order valence-corrected chi connectivity index (χ0v) is 8.64. The summed E-state index contributed by atoms with van der Waals surface area (Å²) in [6.07, 6.45) is 0.794. The molecule has 0 aliphatic heterocycles. The van der Waals surface area contributed by atoms with E-state index >= 15 is 0 Å². The number of fused-ring (bicyclic) bond motifs is 1. The average Bonchev–Trinajstić information content (AvgIpc) is 2.56. The van der Waals surface area contributed by atoms with Crippen molar-refractivity contribution in [3.05, 3.63) is 29.1 Å². The van der Waals surface area contributed by atoms with E-state index in [1.54, 1.807) is 6.07 Å². The fraction of sp³-hybridized carbons (Fsp3) is 0.300. The lowest BCUT2D eigenvalue weighted by Gasteiger charge is -1.91. The molecule has 0 atom stereocenters. The molecule has 0 fully saturated rings. The summed E-state index contributed by atoms with van der Waals surface area (Å²) in [7, 11) is 1.90. The minimum absolute atomic E-state index is 0.675. The quantitative estimate of drug-likeness (QED) is 0.845. The molecule has 3 nitrogen and oxygen atoms in total. The maximum atomic E-state index is 5.83. The summed E-state index contributed by atoms with van der Waals surface area (Å²) in [5.74, 6) is 0.747. The maximum absolute atomic E-state index is 5.83. The van der Waals surface area contributed by atoms with E-state index in [4.69, 9.17) is 16.0 Å². The molecule has 1 N–H and O–H groups in total. The number of halogens is 1. The second kappa shape index (κ2) is 3.98. The first kappa shape index (κ1) is 9.49. The van der Waals surface area contributed by atoms with Crippen LogP contribution in [0.1, 0.15) is 5.89 Å². The lowest BCUT2D eigenvalue weighted by molar-refractivity contribution is 0.522. The summed E-state index contributed by atoms with van der Waals surface area (Å²) in [6.45, 7) is 0.862. The van der Waals surface area contributed by atoms with E-state index in [0.29, 0.717) is 5.02 Å². The molecule has 0 spiro atoms. The van der Waals surface area contributed by atoms with E-state index < -0.39 is 0 Å². The van der Waals surface area contributed by atoms with Gasteiger partial charge in [-0.2, -0.15) is 0 Å². The molecule has 0 aliphatic carbocycles. The Balaban J connectivity index is 2.32. The van der Waals surface area contributed by atoms with Gasteiger partial charge in [-0.3, -0.25) is 0 Å². The molecule has 2 rings (SSSR count). The summed E-state index contributed by atoms with van der Waals surface area (Å²) in [4.78, 5) is 4.33. The lowest BCUT2D eigenvalue weighted by Crippen LogP contribution is -2.10. The Morgan fingerprint density at radius 1 is 1.50 bits per heavy atom. The zero-order valence-electron chi connectivity index (χ0n) is 7.88. The standard InChI is InChI=1S/C10H11ClN2O/c1-12-5-4-10-13-8-3-2-7(11)6-9(8)14-10/h2-3,6,12H,4-5H2,1H3. The molecule has 2 aromatic rings. The van der Waals surface area contributed by atoms with Crippen molar-refractivity contribution in [2.24, 2.45) is 0 Å². The van der Waals surface area contributed by atoms with Crippen molar-refractivity contribution in [1.82, 2.24) is 10.3 Å². The third-order valence-corrected chi connectivity index (χ3v) is 2.22. The van der Waals surface area contributed by atoms with Crippen LogP contribution in [0.3, 0.4) is 0 Å². The third kappa shape index (κ3) is 1.89. The molecule has 0 unspecified atom stereocenters. The van der Waals surface area contributed by atoms with Crippen molar-refractivity contribution < 1.29 is 4.42 Å². The third-order valence-electron chi connectivity index (χ3n) is 1.98. The van der Waals surface area contributed by atoms with Crippen LogP contribution >= 0.6 is 11.6 Å². The molecule has 0 saturated heterocycles. The summed E-state index contributed by atoms with van der Waals surface area (Å²) < 4.78 is 5.52. The van der Waals surface area contributed by atoms with Crippen LogP contribution in [0, 0.1) is 0 Å². The molecule has 0 saturated carbocycles. The summed E-state index contributed by atoms with van der Waals surface area (Å²) in [5, 5.41) is 3.72. The highest BCUT2D eigenvalue weighted by molar-refractivity contribution is 6.31. The smallest absolute Gasteiger partial charge is 0.196 e. The van der Waals surface area contributed by atoms with Gasteiger partial charge in [0.05, 0.1) is 0 Å². The largest absolute Gasteiger partial charge is 0.441 e. The van der Waals surface area contributed by atoms with Gasteiger partial charge in [0.25, 0.3) is 0 Å². The van der Waals surface area contributed by atoms with E-state index in [0.717, 1.165) is 30.0 Å². The number of aromatic nitrogens is 1. The monoisotopic (exact) mass is 210 g/mol. The molecular formula is C10H11ClN2O. The SMILES string of the molecule is CNCCc1nc2ccc(Cl)cc2o1. The van der Waals surface area contributed by atoms with Crippen LogP contribution in [0.4, 0.5) is 0 Å². The second-order valence-electron chi connectivity index (χ2n) is 3.07. The summed E-state index contributed by atoms with van der Waals surface area (Å²) >= 11 is 5.83. The number of hydrogen-bond donors (Lipinski definition) is 1. The van der Waals surface area contributed by atoms with Gasteiger partial charge in [0.2, 0.25) is 0 Å². The van der Waals surface area contributed by atoms with Crippen LogP contribution in [0.15, 0.2) is 22.6 Å². The van der Waals surface area contributed by atoms with Crippen LogP contribution in [0.25, 0.3) is 11.1 Å². The Labute approximate surface area is 87.1 Å². The Hall–Kier alpha value is -1.06. The van der Waals surface area contributed by atoms with Crippen molar-refractivity contribution in [2.45, 2.75) is 6.42 Å². The first-order valence-corrected chi connectivity index (χ1v) is 4.87. The van der Waals surface area contributed by atoms with E-state index in [1.165, 1.54) is 0 Å². The van der Waals surface area contributed by atoms with Gasteiger partial charge in [0, 0.05) is 24.1 Å². The summed E-state index contributed by atoms with van der Waals surface area (Å²) in [6, 6.07) is 5.46. The minimum Gasteiger partial charge on any atom is -0.441 e. The first-order valence-electron chi connectivity index (χ1n) is 4.49. The highest BCUT2D eigenvalue weighted by Crippen LogP contribution is 2.19. The normalized spacial score (nSPS) is 11.0.